The molecule has 1 saturated heterocycles. The number of hydrogen-bond donors (Lipinski definition) is 2. The molecule has 1 unspecified atom stereocenters. The number of aryl methyl sites for hydroxylation is 1. The van der Waals surface area contributed by atoms with E-state index in [4.69, 9.17) is 4.74 Å². The smallest absolute Gasteiger partial charge is 0.257 e. The van der Waals surface area contributed by atoms with Crippen molar-refractivity contribution < 1.29 is 19.4 Å². The number of nitrogens with one attached hydrogen (secondary N) is 1. The normalized spacial score (nSPS) is 19.0. The number of thiazole rings is 1. The second-order valence-electron chi connectivity index (χ2n) is 8.67. The highest BCUT2D eigenvalue weighted by atomic mass is 32.2. The number of hydrogen-bond acceptors (Lipinski definition) is 8. The maximum atomic E-state index is 13.4. The summed E-state index contributed by atoms with van der Waals surface area (Å²) < 4.78 is 6.47. The minimum absolute atomic E-state index is 0.0108. The lowest BCUT2D eigenvalue weighted by molar-refractivity contribution is -0.117. The van der Waals surface area contributed by atoms with E-state index >= 15 is 0 Å². The van der Waals surface area contributed by atoms with Gasteiger partial charge in [-0.15, -0.1) is 0 Å². The molecule has 2 heterocycles. The molecular weight excluding hydrogens is 472 g/mol. The minimum Gasteiger partial charge on any atom is -0.496 e. The Morgan fingerprint density at radius 3 is 2.85 bits per heavy atom. The number of carbonyl (C=O) groups excluding carboxylic acids is 2. The van der Waals surface area contributed by atoms with E-state index in [1.165, 1.54) is 29.2 Å². The summed E-state index contributed by atoms with van der Waals surface area (Å²) in [6.45, 7) is 6.91. The van der Waals surface area contributed by atoms with Gasteiger partial charge in [0.05, 0.1) is 23.1 Å². The topological polar surface area (TPSA) is 95.0 Å². The zero-order chi connectivity index (χ0) is 24.4. The third-order valence-electron chi connectivity index (χ3n) is 6.25. The van der Waals surface area contributed by atoms with Gasteiger partial charge in [-0.1, -0.05) is 29.7 Å². The van der Waals surface area contributed by atoms with Gasteiger partial charge in [0.1, 0.15) is 12.0 Å². The van der Waals surface area contributed by atoms with Crippen molar-refractivity contribution in [1.29, 1.82) is 0 Å². The maximum Gasteiger partial charge on any atom is 0.257 e. The van der Waals surface area contributed by atoms with Crippen LogP contribution in [0.15, 0.2) is 40.1 Å². The first-order valence-electron chi connectivity index (χ1n) is 11.3. The molecule has 0 spiro atoms. The number of rotatable bonds is 9. The van der Waals surface area contributed by atoms with E-state index in [2.05, 4.69) is 16.9 Å². The number of anilines is 1. The van der Waals surface area contributed by atoms with Gasteiger partial charge in [0.25, 0.3) is 5.91 Å². The molecule has 0 bridgehead atoms. The van der Waals surface area contributed by atoms with E-state index in [1.54, 1.807) is 25.3 Å². The number of methoxy groups -OCH3 is 1. The third kappa shape index (κ3) is 5.46. The molecule has 4 rings (SSSR count). The van der Waals surface area contributed by atoms with Crippen LogP contribution in [0.1, 0.15) is 35.2 Å². The van der Waals surface area contributed by atoms with Crippen molar-refractivity contribution in [3.05, 3.63) is 42.1 Å². The fourth-order valence-corrected chi connectivity index (χ4v) is 5.91. The van der Waals surface area contributed by atoms with Gasteiger partial charge >= 0.3 is 0 Å². The molecular formula is C24H30N4O4S2. The standard InChI is InChI=1S/C24H30N4O4S2/c1-5-20(29)28-9-8-16(13-28)27(3)23(31)17-11-19(14(2)10-18(17)32-4)33-21-12-25-24(34-21)26-22(30)15-6-7-15/h5,10-12,15-16,20,29H,1,6-9,13H2,2-4H3,(H,25,26,30)/t16-,20?/m1/s1. The van der Waals surface area contributed by atoms with Crippen LogP contribution in [-0.2, 0) is 4.79 Å². The Labute approximate surface area is 208 Å². The summed E-state index contributed by atoms with van der Waals surface area (Å²) in [5.74, 6) is 0.566. The number of likely N-dealkylation sites (tertiary alicyclic amines) is 1. The van der Waals surface area contributed by atoms with Gasteiger partial charge in [-0.25, -0.2) is 4.98 Å². The van der Waals surface area contributed by atoms with Gasteiger partial charge in [0, 0.05) is 37.0 Å². The monoisotopic (exact) mass is 502 g/mol. The maximum absolute atomic E-state index is 13.4. The molecule has 1 aromatic carbocycles. The Morgan fingerprint density at radius 1 is 1.41 bits per heavy atom. The quantitative estimate of drug-likeness (QED) is 0.506. The van der Waals surface area contributed by atoms with Crippen molar-refractivity contribution in [3.8, 4) is 5.75 Å². The molecule has 2 aromatic rings. The van der Waals surface area contributed by atoms with Crippen molar-refractivity contribution in [3.63, 3.8) is 0 Å². The van der Waals surface area contributed by atoms with Crippen LogP contribution < -0.4 is 10.1 Å². The molecule has 2 aliphatic rings. The summed E-state index contributed by atoms with van der Waals surface area (Å²) >= 11 is 2.94. The lowest BCUT2D eigenvalue weighted by Gasteiger charge is -2.27. The molecule has 2 atom stereocenters. The molecule has 1 aliphatic carbocycles. The van der Waals surface area contributed by atoms with Gasteiger partial charge in [0.15, 0.2) is 5.13 Å². The Balaban J connectivity index is 1.50. The fraction of sp³-hybridized carbons (Fsp3) is 0.458. The average molecular weight is 503 g/mol. The van der Waals surface area contributed by atoms with E-state index in [0.29, 0.717) is 29.5 Å². The zero-order valence-electron chi connectivity index (χ0n) is 19.6. The lowest BCUT2D eigenvalue weighted by Crippen LogP contribution is -2.40. The van der Waals surface area contributed by atoms with Crippen molar-refractivity contribution >= 4 is 40.0 Å². The zero-order valence-corrected chi connectivity index (χ0v) is 21.2. The predicted molar refractivity (Wildman–Crippen MR) is 134 cm³/mol. The van der Waals surface area contributed by atoms with E-state index in [9.17, 15) is 14.7 Å². The highest BCUT2D eigenvalue weighted by molar-refractivity contribution is 8.01. The number of benzene rings is 1. The van der Waals surface area contributed by atoms with Gasteiger partial charge in [-0.2, -0.15) is 0 Å². The molecule has 1 aliphatic heterocycles. The van der Waals surface area contributed by atoms with E-state index in [-0.39, 0.29) is 23.8 Å². The number of aromatic nitrogens is 1. The summed E-state index contributed by atoms with van der Waals surface area (Å²) in [4.78, 5) is 34.3. The van der Waals surface area contributed by atoms with Crippen LogP contribution in [0.25, 0.3) is 0 Å². The predicted octanol–water partition coefficient (Wildman–Crippen LogP) is 3.61. The van der Waals surface area contributed by atoms with Crippen LogP contribution in [0.3, 0.4) is 0 Å². The Morgan fingerprint density at radius 2 is 2.18 bits per heavy atom. The van der Waals surface area contributed by atoms with Crippen LogP contribution in [0.4, 0.5) is 5.13 Å². The number of likely N-dealkylation sites (N-methyl/N-ethyl adjacent to an activating group) is 1. The number of aliphatic hydroxyl groups excluding tert-OH is 1. The molecule has 2 amide bonds. The SMILES string of the molecule is C=CC(O)N1CC[C@@H](N(C)C(=O)c2cc(Sc3cnc(NC(=O)C4CC4)s3)c(C)cc2OC)C1. The summed E-state index contributed by atoms with van der Waals surface area (Å²) in [6, 6.07) is 3.73. The van der Waals surface area contributed by atoms with Crippen molar-refractivity contribution in [2.75, 3.05) is 32.6 Å². The summed E-state index contributed by atoms with van der Waals surface area (Å²) in [5, 5.41) is 13.5. The molecule has 8 nitrogen and oxygen atoms in total. The van der Waals surface area contributed by atoms with Crippen molar-refractivity contribution in [2.45, 2.75) is 47.6 Å². The fourth-order valence-electron chi connectivity index (χ4n) is 3.96. The molecule has 1 aromatic heterocycles. The molecule has 182 valence electrons. The van der Waals surface area contributed by atoms with Gasteiger partial charge in [-0.3, -0.25) is 14.5 Å². The van der Waals surface area contributed by atoms with Gasteiger partial charge < -0.3 is 20.1 Å². The molecule has 2 N–H and O–H groups in total. The minimum atomic E-state index is -0.705. The molecule has 10 heteroatoms. The van der Waals surface area contributed by atoms with Crippen molar-refractivity contribution in [1.82, 2.24) is 14.8 Å². The first kappa shape index (κ1) is 24.7. The molecule has 34 heavy (non-hydrogen) atoms. The highest BCUT2D eigenvalue weighted by Crippen LogP contribution is 2.39. The molecule has 0 radical (unpaired) electrons. The summed E-state index contributed by atoms with van der Waals surface area (Å²) in [5.41, 5.74) is 1.48. The second kappa shape index (κ2) is 10.5. The highest BCUT2D eigenvalue weighted by Gasteiger charge is 2.32. The molecule has 2 fully saturated rings. The average Bonchev–Trinajstić information content (AvgIpc) is 3.42. The van der Waals surface area contributed by atoms with E-state index in [1.807, 2.05) is 24.0 Å². The van der Waals surface area contributed by atoms with Crippen molar-refractivity contribution in [2.24, 2.45) is 5.92 Å². The largest absolute Gasteiger partial charge is 0.496 e. The van der Waals surface area contributed by atoms with Crippen LogP contribution in [0.5, 0.6) is 5.75 Å². The van der Waals surface area contributed by atoms with E-state index in [0.717, 1.165) is 33.9 Å². The van der Waals surface area contributed by atoms with Crippen LogP contribution >= 0.6 is 23.1 Å². The number of aliphatic hydroxyl groups is 1. The van der Waals surface area contributed by atoms with Crippen LogP contribution in [0.2, 0.25) is 0 Å². The van der Waals surface area contributed by atoms with E-state index < -0.39 is 6.23 Å². The number of amides is 2. The Bertz CT molecular complexity index is 1080. The number of nitrogens with zero attached hydrogens (tertiary/aromatic N) is 3. The number of carbonyl (C=O) groups is 2. The van der Waals surface area contributed by atoms with Gasteiger partial charge in [0.2, 0.25) is 5.91 Å². The summed E-state index contributed by atoms with van der Waals surface area (Å²) in [6.07, 6.45) is 5.21. The summed E-state index contributed by atoms with van der Waals surface area (Å²) in [7, 11) is 3.36. The lowest BCUT2D eigenvalue weighted by atomic mass is 10.1. The number of ether oxygens (including phenoxy) is 1. The van der Waals surface area contributed by atoms with Crippen LogP contribution in [-0.4, -0.2) is 71.2 Å². The third-order valence-corrected chi connectivity index (χ3v) is 8.42. The second-order valence-corrected chi connectivity index (χ2v) is 11.0. The Kier molecular flexibility index (Phi) is 7.61. The first-order valence-corrected chi connectivity index (χ1v) is 12.9. The van der Waals surface area contributed by atoms with Gasteiger partial charge in [-0.05, 0) is 50.0 Å². The molecule has 1 saturated carbocycles. The van der Waals surface area contributed by atoms with Crippen LogP contribution in [0, 0.1) is 12.8 Å². The first-order chi connectivity index (χ1) is 16.3. The Hall–Kier alpha value is -2.40.